The standard InChI is InChI=1S/C23H26N2O4/c1-15-20-16(8-4-2-3-5-11-18(22(26)27)23(28)29)9-6-12-19(20)25-21(15)17-10-7-13-24-14-17/h6-7,9-10,12-14,18,25H,2-5,8,11H2,1H3,(H,26,27)(H,28,29). The molecule has 29 heavy (non-hydrogen) atoms. The van der Waals surface area contributed by atoms with Crippen LogP contribution in [0, 0.1) is 12.8 Å². The van der Waals surface area contributed by atoms with Crippen molar-refractivity contribution in [2.24, 2.45) is 5.92 Å². The minimum Gasteiger partial charge on any atom is -0.481 e. The fourth-order valence-electron chi connectivity index (χ4n) is 3.88. The second kappa shape index (κ2) is 9.37. The summed E-state index contributed by atoms with van der Waals surface area (Å²) in [5.74, 6) is -3.80. The number of nitrogens with zero attached hydrogens (tertiary/aromatic N) is 1. The zero-order chi connectivity index (χ0) is 20.8. The molecule has 0 aliphatic heterocycles. The lowest BCUT2D eigenvalue weighted by atomic mass is 9.97. The molecule has 0 bridgehead atoms. The predicted octanol–water partition coefficient (Wildman–Crippen LogP) is 4.82. The third-order valence-electron chi connectivity index (χ3n) is 5.40. The van der Waals surface area contributed by atoms with Gasteiger partial charge in [0, 0.05) is 28.9 Å². The minimum atomic E-state index is -1.29. The Labute approximate surface area is 169 Å². The predicted molar refractivity (Wildman–Crippen MR) is 112 cm³/mol. The van der Waals surface area contributed by atoms with Crippen LogP contribution in [0.3, 0.4) is 0 Å². The Kier molecular flexibility index (Phi) is 6.65. The van der Waals surface area contributed by atoms with Gasteiger partial charge < -0.3 is 15.2 Å². The van der Waals surface area contributed by atoms with E-state index in [0.717, 1.165) is 42.5 Å². The van der Waals surface area contributed by atoms with Crippen molar-refractivity contribution < 1.29 is 19.8 Å². The topological polar surface area (TPSA) is 103 Å². The van der Waals surface area contributed by atoms with Crippen molar-refractivity contribution >= 4 is 22.8 Å². The van der Waals surface area contributed by atoms with Gasteiger partial charge in [0.2, 0.25) is 0 Å². The van der Waals surface area contributed by atoms with Crippen molar-refractivity contribution in [3.8, 4) is 11.3 Å². The quantitative estimate of drug-likeness (QED) is 0.338. The van der Waals surface area contributed by atoms with Gasteiger partial charge in [-0.25, -0.2) is 0 Å². The fraction of sp³-hybridized carbons (Fsp3) is 0.348. The number of carbonyl (C=O) groups is 2. The zero-order valence-corrected chi connectivity index (χ0v) is 16.5. The van der Waals surface area contributed by atoms with Crippen molar-refractivity contribution in [2.75, 3.05) is 0 Å². The van der Waals surface area contributed by atoms with Crippen LogP contribution in [0.5, 0.6) is 0 Å². The number of aromatic nitrogens is 2. The van der Waals surface area contributed by atoms with Crippen molar-refractivity contribution in [1.82, 2.24) is 9.97 Å². The highest BCUT2D eigenvalue weighted by Gasteiger charge is 2.24. The van der Waals surface area contributed by atoms with Gasteiger partial charge in [-0.15, -0.1) is 0 Å². The Morgan fingerprint density at radius 1 is 1.03 bits per heavy atom. The lowest BCUT2D eigenvalue weighted by Crippen LogP contribution is -2.23. The first-order valence-corrected chi connectivity index (χ1v) is 9.95. The summed E-state index contributed by atoms with van der Waals surface area (Å²) < 4.78 is 0. The molecule has 3 N–H and O–H groups in total. The number of aryl methyl sites for hydroxylation is 2. The monoisotopic (exact) mass is 394 g/mol. The molecule has 0 amide bonds. The van der Waals surface area contributed by atoms with Gasteiger partial charge in [-0.3, -0.25) is 14.6 Å². The molecule has 3 aromatic rings. The number of H-pyrrole nitrogens is 1. The lowest BCUT2D eigenvalue weighted by molar-refractivity contribution is -0.154. The molecule has 0 unspecified atom stereocenters. The molecule has 0 fully saturated rings. The van der Waals surface area contributed by atoms with Crippen LogP contribution in [-0.2, 0) is 16.0 Å². The Morgan fingerprint density at radius 2 is 1.79 bits per heavy atom. The molecule has 0 aliphatic rings. The highest BCUT2D eigenvalue weighted by molar-refractivity contribution is 5.93. The normalized spacial score (nSPS) is 11.2. The van der Waals surface area contributed by atoms with Crippen LogP contribution in [-0.4, -0.2) is 32.1 Å². The molecule has 6 heteroatoms. The van der Waals surface area contributed by atoms with Gasteiger partial charge in [-0.1, -0.05) is 31.4 Å². The number of unbranched alkanes of at least 4 members (excludes halogenated alkanes) is 3. The van der Waals surface area contributed by atoms with Gasteiger partial charge in [-0.2, -0.15) is 0 Å². The zero-order valence-electron chi connectivity index (χ0n) is 16.5. The molecular formula is C23H26N2O4. The van der Waals surface area contributed by atoms with Crippen LogP contribution in [0.25, 0.3) is 22.2 Å². The van der Waals surface area contributed by atoms with E-state index >= 15 is 0 Å². The number of pyridine rings is 1. The number of aliphatic carboxylic acids is 2. The molecule has 0 atom stereocenters. The number of hydrogen-bond donors (Lipinski definition) is 3. The maximum Gasteiger partial charge on any atom is 0.317 e. The molecule has 152 valence electrons. The highest BCUT2D eigenvalue weighted by atomic mass is 16.4. The summed E-state index contributed by atoms with van der Waals surface area (Å²) in [6, 6.07) is 10.3. The molecule has 0 saturated carbocycles. The van der Waals surface area contributed by atoms with Crippen LogP contribution < -0.4 is 0 Å². The van der Waals surface area contributed by atoms with E-state index in [1.807, 2.05) is 18.3 Å². The van der Waals surface area contributed by atoms with E-state index in [1.54, 1.807) is 6.20 Å². The molecule has 6 nitrogen and oxygen atoms in total. The van der Waals surface area contributed by atoms with Gasteiger partial charge >= 0.3 is 11.9 Å². The number of hydrogen-bond acceptors (Lipinski definition) is 3. The number of aromatic amines is 1. The summed E-state index contributed by atoms with van der Waals surface area (Å²) in [6.45, 7) is 2.13. The van der Waals surface area contributed by atoms with Gasteiger partial charge in [-0.05, 0) is 55.5 Å². The summed E-state index contributed by atoms with van der Waals surface area (Å²) in [4.78, 5) is 29.6. The Balaban J connectivity index is 1.60. The van der Waals surface area contributed by atoms with Crippen LogP contribution in [0.1, 0.15) is 43.2 Å². The molecule has 0 saturated heterocycles. The van der Waals surface area contributed by atoms with Crippen LogP contribution in [0.15, 0.2) is 42.7 Å². The van der Waals surface area contributed by atoms with Gasteiger partial charge in [0.1, 0.15) is 0 Å². The van der Waals surface area contributed by atoms with Crippen molar-refractivity contribution in [1.29, 1.82) is 0 Å². The maximum absolute atomic E-state index is 10.9. The summed E-state index contributed by atoms with van der Waals surface area (Å²) in [7, 11) is 0. The van der Waals surface area contributed by atoms with E-state index in [9.17, 15) is 9.59 Å². The van der Waals surface area contributed by atoms with Gasteiger partial charge in [0.05, 0.1) is 5.69 Å². The van der Waals surface area contributed by atoms with Gasteiger partial charge in [0.15, 0.2) is 5.92 Å². The average molecular weight is 394 g/mol. The first-order chi connectivity index (χ1) is 14.0. The largest absolute Gasteiger partial charge is 0.481 e. The van der Waals surface area contributed by atoms with Crippen molar-refractivity contribution in [3.63, 3.8) is 0 Å². The average Bonchev–Trinajstić information content (AvgIpc) is 3.05. The van der Waals surface area contributed by atoms with E-state index in [1.165, 1.54) is 16.5 Å². The molecule has 0 spiro atoms. The number of carboxylic acid groups (broad SMARTS) is 2. The molecular weight excluding hydrogens is 368 g/mol. The summed E-state index contributed by atoms with van der Waals surface area (Å²) in [5.41, 5.74) is 5.78. The number of benzene rings is 1. The second-order valence-corrected chi connectivity index (χ2v) is 7.39. The third kappa shape index (κ3) is 4.83. The van der Waals surface area contributed by atoms with Crippen molar-refractivity contribution in [3.05, 3.63) is 53.9 Å². The highest BCUT2D eigenvalue weighted by Crippen LogP contribution is 2.32. The smallest absolute Gasteiger partial charge is 0.317 e. The molecule has 1 aromatic carbocycles. The number of fused-ring (bicyclic) bond motifs is 1. The second-order valence-electron chi connectivity index (χ2n) is 7.39. The summed E-state index contributed by atoms with van der Waals surface area (Å²) >= 11 is 0. The number of rotatable bonds is 10. The number of carboxylic acids is 2. The fourth-order valence-corrected chi connectivity index (χ4v) is 3.88. The lowest BCUT2D eigenvalue weighted by Gasteiger charge is -2.08. The van der Waals surface area contributed by atoms with Crippen LogP contribution in [0.2, 0.25) is 0 Å². The van der Waals surface area contributed by atoms with E-state index in [4.69, 9.17) is 10.2 Å². The van der Waals surface area contributed by atoms with Crippen LogP contribution >= 0.6 is 0 Å². The third-order valence-corrected chi connectivity index (χ3v) is 5.40. The first-order valence-electron chi connectivity index (χ1n) is 9.95. The molecule has 2 aromatic heterocycles. The number of nitrogens with one attached hydrogen (secondary N) is 1. The van der Waals surface area contributed by atoms with Crippen molar-refractivity contribution in [2.45, 2.75) is 45.4 Å². The summed E-state index contributed by atoms with van der Waals surface area (Å²) in [5, 5.41) is 19.1. The summed E-state index contributed by atoms with van der Waals surface area (Å²) in [6.07, 6.45) is 8.12. The molecule has 2 heterocycles. The SMILES string of the molecule is Cc1c(-c2cccnc2)[nH]c2cccc(CCCCCCC(C(=O)O)C(=O)O)c12. The Morgan fingerprint density at radius 3 is 2.48 bits per heavy atom. The van der Waals surface area contributed by atoms with E-state index in [-0.39, 0.29) is 6.42 Å². The minimum absolute atomic E-state index is 0.186. The molecule has 0 radical (unpaired) electrons. The van der Waals surface area contributed by atoms with Gasteiger partial charge in [0.25, 0.3) is 0 Å². The maximum atomic E-state index is 10.9. The van der Waals surface area contributed by atoms with E-state index in [2.05, 4.69) is 35.1 Å². The van der Waals surface area contributed by atoms with E-state index < -0.39 is 17.9 Å². The van der Waals surface area contributed by atoms with E-state index in [0.29, 0.717) is 6.42 Å². The Hall–Kier alpha value is -3.15. The molecule has 3 rings (SSSR count). The molecule has 0 aliphatic carbocycles. The Bertz CT molecular complexity index is 981. The first kappa shape index (κ1) is 20.6. The van der Waals surface area contributed by atoms with Crippen LogP contribution in [0.4, 0.5) is 0 Å².